The fourth-order valence-electron chi connectivity index (χ4n) is 0.233. The van der Waals surface area contributed by atoms with Crippen LogP contribution < -0.4 is 0 Å². The van der Waals surface area contributed by atoms with Crippen molar-refractivity contribution >= 4 is 11.6 Å². The third kappa shape index (κ3) is 2.05. The van der Waals surface area contributed by atoms with Gasteiger partial charge in [-0.1, -0.05) is 6.58 Å². The summed E-state index contributed by atoms with van der Waals surface area (Å²) in [5.41, 5.74) is 0. The third-order valence-corrected chi connectivity index (χ3v) is 0.659. The molecular weight excluding hydrogens is 124 g/mol. The predicted molar refractivity (Wildman–Crippen MR) is 28.9 cm³/mol. The molecule has 4 nitrogen and oxygen atoms in total. The van der Waals surface area contributed by atoms with E-state index in [4.69, 9.17) is 10.2 Å². The summed E-state index contributed by atoms with van der Waals surface area (Å²) in [5.74, 6) is -3.03. The summed E-state index contributed by atoms with van der Waals surface area (Å²) < 4.78 is 0. The zero-order valence-electron chi connectivity index (χ0n) is 4.63. The molecule has 0 aliphatic carbocycles. The quantitative estimate of drug-likeness (QED) is 0.297. The summed E-state index contributed by atoms with van der Waals surface area (Å²) >= 11 is 0. The summed E-state index contributed by atoms with van der Waals surface area (Å²) in [6.45, 7) is 1.91. The van der Waals surface area contributed by atoms with Crippen molar-refractivity contribution in [1.29, 1.82) is 0 Å². The lowest BCUT2D eigenvalue weighted by atomic mass is 10.2. The van der Waals surface area contributed by atoms with E-state index in [1.807, 2.05) is 0 Å². The average molecular weight is 130 g/mol. The van der Waals surface area contributed by atoms with Crippen LogP contribution in [0.5, 0.6) is 0 Å². The maximum Gasteiger partial charge on any atom is 0.264 e. The molecule has 9 heavy (non-hydrogen) atoms. The Morgan fingerprint density at radius 1 is 1.44 bits per heavy atom. The Morgan fingerprint density at radius 3 is 2.00 bits per heavy atom. The maximum absolute atomic E-state index is 10.2. The molecule has 0 aliphatic rings. The standard InChI is InChI=1S/C5H6O4/c1-3(7)5(9)4(8)2-6/h6-7H,1-2H2. The lowest BCUT2D eigenvalue weighted by molar-refractivity contribution is -0.137. The minimum Gasteiger partial charge on any atom is -0.504 e. The Hall–Kier alpha value is -1.16. The number of ketones is 2. The van der Waals surface area contributed by atoms with E-state index in [2.05, 4.69) is 6.58 Å². The normalized spacial score (nSPS) is 8.56. The molecule has 0 heterocycles. The predicted octanol–water partition coefficient (Wildman–Crippen LogP) is -0.811. The van der Waals surface area contributed by atoms with Gasteiger partial charge < -0.3 is 10.2 Å². The number of hydrogen-bond donors (Lipinski definition) is 2. The second kappa shape index (κ2) is 2.99. The Balaban J connectivity index is 4.05. The number of aliphatic hydroxyl groups is 2. The summed E-state index contributed by atoms with van der Waals surface area (Å²) in [6.07, 6.45) is 0. The van der Waals surface area contributed by atoms with Gasteiger partial charge in [0, 0.05) is 0 Å². The monoisotopic (exact) mass is 130 g/mol. The molecule has 0 bridgehead atoms. The first-order valence-corrected chi connectivity index (χ1v) is 2.16. The van der Waals surface area contributed by atoms with Gasteiger partial charge in [0.05, 0.1) is 0 Å². The largest absolute Gasteiger partial charge is 0.504 e. The van der Waals surface area contributed by atoms with Crippen LogP contribution in [0.3, 0.4) is 0 Å². The van der Waals surface area contributed by atoms with E-state index in [1.165, 1.54) is 0 Å². The number of carbonyl (C=O) groups excluding carboxylic acids is 2. The molecule has 0 unspecified atom stereocenters. The Morgan fingerprint density at radius 2 is 1.89 bits per heavy atom. The first-order chi connectivity index (χ1) is 4.09. The van der Waals surface area contributed by atoms with Crippen LogP contribution in [0.15, 0.2) is 12.3 Å². The van der Waals surface area contributed by atoms with E-state index >= 15 is 0 Å². The number of rotatable bonds is 3. The van der Waals surface area contributed by atoms with Gasteiger partial charge in [-0.2, -0.15) is 0 Å². The Labute approximate surface area is 51.4 Å². The van der Waals surface area contributed by atoms with Gasteiger partial charge in [0.25, 0.3) is 5.78 Å². The topological polar surface area (TPSA) is 74.6 Å². The number of carbonyl (C=O) groups is 2. The lowest BCUT2D eigenvalue weighted by Crippen LogP contribution is -2.18. The highest BCUT2D eigenvalue weighted by molar-refractivity contribution is 6.43. The first-order valence-electron chi connectivity index (χ1n) is 2.16. The molecule has 0 saturated heterocycles. The van der Waals surface area contributed by atoms with Gasteiger partial charge in [-0.15, -0.1) is 0 Å². The van der Waals surface area contributed by atoms with Crippen LogP contribution in [0.2, 0.25) is 0 Å². The molecule has 50 valence electrons. The van der Waals surface area contributed by atoms with Crippen molar-refractivity contribution in [2.45, 2.75) is 0 Å². The van der Waals surface area contributed by atoms with Crippen LogP contribution in [-0.2, 0) is 9.59 Å². The summed E-state index contributed by atoms with van der Waals surface area (Å²) in [5, 5.41) is 16.3. The zero-order valence-corrected chi connectivity index (χ0v) is 4.63. The van der Waals surface area contributed by atoms with Gasteiger partial charge in [-0.05, 0) is 0 Å². The summed E-state index contributed by atoms with van der Waals surface area (Å²) in [4.78, 5) is 20.3. The Bertz CT molecular complexity index is 158. The fourth-order valence-corrected chi connectivity index (χ4v) is 0.233. The van der Waals surface area contributed by atoms with Crippen LogP contribution >= 0.6 is 0 Å². The molecule has 4 heteroatoms. The number of allylic oxidation sites excluding steroid dienone is 1. The van der Waals surface area contributed by atoms with Crippen molar-refractivity contribution in [3.8, 4) is 0 Å². The second-order valence-corrected chi connectivity index (χ2v) is 1.36. The van der Waals surface area contributed by atoms with Crippen molar-refractivity contribution in [2.75, 3.05) is 6.61 Å². The van der Waals surface area contributed by atoms with Crippen LogP contribution in [0.25, 0.3) is 0 Å². The minimum absolute atomic E-state index is 0.839. The molecule has 0 saturated carbocycles. The third-order valence-electron chi connectivity index (χ3n) is 0.659. The molecule has 0 aromatic rings. The maximum atomic E-state index is 10.2. The van der Waals surface area contributed by atoms with Gasteiger partial charge in [0.2, 0.25) is 5.78 Å². The van der Waals surface area contributed by atoms with Gasteiger partial charge in [-0.3, -0.25) is 9.59 Å². The molecule has 0 radical (unpaired) electrons. The van der Waals surface area contributed by atoms with E-state index in [-0.39, 0.29) is 0 Å². The average Bonchev–Trinajstić information content (AvgIpc) is 1.84. The molecule has 0 aromatic carbocycles. The second-order valence-electron chi connectivity index (χ2n) is 1.36. The van der Waals surface area contributed by atoms with Crippen molar-refractivity contribution in [3.63, 3.8) is 0 Å². The van der Waals surface area contributed by atoms with E-state index in [1.54, 1.807) is 0 Å². The fraction of sp³-hybridized carbons (Fsp3) is 0.200. The van der Waals surface area contributed by atoms with Crippen molar-refractivity contribution in [2.24, 2.45) is 0 Å². The Kier molecular flexibility index (Phi) is 2.60. The highest BCUT2D eigenvalue weighted by Gasteiger charge is 2.14. The molecular formula is C5H6O4. The number of aliphatic hydroxyl groups excluding tert-OH is 2. The van der Waals surface area contributed by atoms with Gasteiger partial charge in [-0.25, -0.2) is 0 Å². The zero-order chi connectivity index (χ0) is 7.44. The van der Waals surface area contributed by atoms with Crippen molar-refractivity contribution in [3.05, 3.63) is 12.3 Å². The number of Topliss-reactive ketones (excluding diaryl/α,β-unsaturated/α-hetero) is 2. The van der Waals surface area contributed by atoms with Crippen molar-refractivity contribution < 1.29 is 19.8 Å². The highest BCUT2D eigenvalue weighted by Crippen LogP contribution is 1.85. The summed E-state index contributed by atoms with van der Waals surface area (Å²) in [6, 6.07) is 0. The highest BCUT2D eigenvalue weighted by atomic mass is 16.3. The SMILES string of the molecule is C=C(O)C(=O)C(=O)CO. The van der Waals surface area contributed by atoms with E-state index in [0.717, 1.165) is 0 Å². The molecule has 0 amide bonds. The van der Waals surface area contributed by atoms with Gasteiger partial charge in [0.15, 0.2) is 5.76 Å². The molecule has 0 atom stereocenters. The van der Waals surface area contributed by atoms with Crippen LogP contribution in [0.1, 0.15) is 0 Å². The first kappa shape index (κ1) is 7.84. The van der Waals surface area contributed by atoms with E-state index in [0.29, 0.717) is 0 Å². The molecule has 0 aromatic heterocycles. The number of hydrogen-bond acceptors (Lipinski definition) is 4. The van der Waals surface area contributed by atoms with Crippen molar-refractivity contribution in [1.82, 2.24) is 0 Å². The van der Waals surface area contributed by atoms with Crippen LogP contribution in [0.4, 0.5) is 0 Å². The van der Waals surface area contributed by atoms with E-state index in [9.17, 15) is 9.59 Å². The van der Waals surface area contributed by atoms with Gasteiger partial charge >= 0.3 is 0 Å². The lowest BCUT2D eigenvalue weighted by Gasteiger charge is -1.90. The molecule has 0 fully saturated rings. The molecule has 0 spiro atoms. The molecule has 0 rings (SSSR count). The van der Waals surface area contributed by atoms with Gasteiger partial charge in [0.1, 0.15) is 6.61 Å². The van der Waals surface area contributed by atoms with Crippen LogP contribution in [-0.4, -0.2) is 28.4 Å². The smallest absolute Gasteiger partial charge is 0.264 e. The molecule has 2 N–H and O–H groups in total. The minimum atomic E-state index is -1.14. The molecule has 0 aliphatic heterocycles. The van der Waals surface area contributed by atoms with E-state index < -0.39 is 23.9 Å². The summed E-state index contributed by atoms with van der Waals surface area (Å²) in [7, 11) is 0. The van der Waals surface area contributed by atoms with Crippen LogP contribution in [0, 0.1) is 0 Å².